The van der Waals surface area contributed by atoms with Crippen molar-refractivity contribution >= 4 is 71.3 Å². The summed E-state index contributed by atoms with van der Waals surface area (Å²) in [4.78, 5) is 2.42. The quantitative estimate of drug-likeness (QED) is 0.160. The Labute approximate surface area is 325 Å². The van der Waals surface area contributed by atoms with Crippen LogP contribution in [0.5, 0.6) is 0 Å². The number of anilines is 3. The monoisotopic (exact) mass is 713 g/mol. The highest BCUT2D eigenvalue weighted by atomic mass is 16.3. The number of hydrogen-bond donors (Lipinski definition) is 0. The van der Waals surface area contributed by atoms with Crippen molar-refractivity contribution in [2.75, 3.05) is 4.90 Å². The van der Waals surface area contributed by atoms with Gasteiger partial charge in [-0.2, -0.15) is 0 Å². The van der Waals surface area contributed by atoms with Gasteiger partial charge in [0.25, 0.3) is 0 Å². The molecule has 0 spiro atoms. The third-order valence-electron chi connectivity index (χ3n) is 11.3. The normalized spacial score (nSPS) is 11.6. The maximum Gasteiger partial charge on any atom is 0.143 e. The molecule has 0 amide bonds. The average molecular weight is 714 g/mol. The Morgan fingerprint density at radius 1 is 0.304 bits per heavy atom. The summed E-state index contributed by atoms with van der Waals surface area (Å²) in [5.74, 6) is 0. The highest BCUT2D eigenvalue weighted by Crippen LogP contribution is 2.46. The number of hydrogen-bond acceptors (Lipinski definition) is 2. The molecule has 0 radical (unpaired) electrons. The van der Waals surface area contributed by atoms with Crippen molar-refractivity contribution in [3.63, 3.8) is 0 Å². The zero-order chi connectivity index (χ0) is 37.0. The minimum atomic E-state index is 0.890. The highest BCUT2D eigenvalue weighted by Gasteiger charge is 2.21. The van der Waals surface area contributed by atoms with Crippen molar-refractivity contribution in [2.24, 2.45) is 0 Å². The van der Waals surface area contributed by atoms with Crippen LogP contribution in [0, 0.1) is 0 Å². The first-order valence-corrected chi connectivity index (χ1v) is 19.2. The van der Waals surface area contributed by atoms with Gasteiger partial charge < -0.3 is 9.32 Å². The molecule has 0 atom stereocenters. The van der Waals surface area contributed by atoms with E-state index in [1.165, 1.54) is 43.6 Å². The van der Waals surface area contributed by atoms with Gasteiger partial charge in [-0.05, 0) is 97.7 Å². The number of benzene rings is 10. The van der Waals surface area contributed by atoms with E-state index in [4.69, 9.17) is 4.42 Å². The van der Waals surface area contributed by atoms with Crippen molar-refractivity contribution in [3.05, 3.63) is 212 Å². The van der Waals surface area contributed by atoms with E-state index in [2.05, 4.69) is 217 Å². The van der Waals surface area contributed by atoms with Gasteiger partial charge in [-0.3, -0.25) is 0 Å². The van der Waals surface area contributed by atoms with Crippen molar-refractivity contribution in [2.45, 2.75) is 0 Å². The number of nitrogens with zero attached hydrogens (tertiary/aromatic N) is 1. The topological polar surface area (TPSA) is 16.4 Å². The first kappa shape index (κ1) is 32.0. The van der Waals surface area contributed by atoms with Gasteiger partial charge in [0.15, 0.2) is 0 Å². The Bertz CT molecular complexity index is 3250. The summed E-state index contributed by atoms with van der Waals surface area (Å²) in [6.45, 7) is 0. The number of furan rings is 1. The van der Waals surface area contributed by atoms with Crippen LogP contribution in [0.4, 0.5) is 17.1 Å². The van der Waals surface area contributed by atoms with E-state index in [9.17, 15) is 0 Å². The van der Waals surface area contributed by atoms with Gasteiger partial charge >= 0.3 is 0 Å². The Morgan fingerprint density at radius 2 is 0.857 bits per heavy atom. The summed E-state index contributed by atoms with van der Waals surface area (Å²) in [6.07, 6.45) is 0. The molecule has 0 bridgehead atoms. The van der Waals surface area contributed by atoms with Crippen molar-refractivity contribution < 1.29 is 4.42 Å². The Morgan fingerprint density at radius 3 is 1.64 bits per heavy atom. The first-order chi connectivity index (χ1) is 27.8. The lowest BCUT2D eigenvalue weighted by molar-refractivity contribution is 0.672. The first-order valence-electron chi connectivity index (χ1n) is 19.2. The van der Waals surface area contributed by atoms with Crippen LogP contribution in [0.3, 0.4) is 0 Å². The molecule has 0 aliphatic carbocycles. The van der Waals surface area contributed by atoms with E-state index in [0.29, 0.717) is 0 Å². The van der Waals surface area contributed by atoms with Crippen LogP contribution < -0.4 is 4.90 Å². The molecule has 0 saturated carbocycles. The maximum atomic E-state index is 6.52. The van der Waals surface area contributed by atoms with Gasteiger partial charge in [-0.1, -0.05) is 164 Å². The lowest BCUT2D eigenvalue weighted by Gasteiger charge is -2.30. The lowest BCUT2D eigenvalue weighted by Crippen LogP contribution is -2.12. The molecule has 0 N–H and O–H groups in total. The molecule has 56 heavy (non-hydrogen) atoms. The molecule has 0 fully saturated rings. The van der Waals surface area contributed by atoms with Gasteiger partial charge in [-0.15, -0.1) is 0 Å². The minimum absolute atomic E-state index is 0.890. The molecule has 0 unspecified atom stereocenters. The molecule has 2 heteroatoms. The second-order valence-electron chi connectivity index (χ2n) is 14.5. The molecule has 10 aromatic carbocycles. The van der Waals surface area contributed by atoms with E-state index in [1.54, 1.807) is 0 Å². The average Bonchev–Trinajstić information content (AvgIpc) is 3.66. The summed E-state index contributed by atoms with van der Waals surface area (Å²) >= 11 is 0. The molecular formula is C54H35NO. The maximum absolute atomic E-state index is 6.52. The van der Waals surface area contributed by atoms with Crippen LogP contribution in [-0.4, -0.2) is 0 Å². The number of rotatable bonds is 6. The zero-order valence-corrected chi connectivity index (χ0v) is 30.6. The summed E-state index contributed by atoms with van der Waals surface area (Å²) in [5.41, 5.74) is 12.1. The standard InChI is InChI=1S/C54H35NO/c1-2-12-37(13-3-1)46-17-8-10-20-51(46)55(43-29-24-36(25-30-43)40-27-31-45-41(34-40)23-22-38-14-4-6-16-44(38)45)52-21-11-9-18-47(52)42-28-33-53-50(35-42)49-32-26-39-15-5-7-19-48(39)54(49)56-53/h1-35H. The molecule has 11 aromatic rings. The Balaban J connectivity index is 1.07. The van der Waals surface area contributed by atoms with E-state index in [0.717, 1.165) is 61.1 Å². The molecule has 262 valence electrons. The number of fused-ring (bicyclic) bond motifs is 8. The van der Waals surface area contributed by atoms with Gasteiger partial charge in [0, 0.05) is 33.0 Å². The fraction of sp³-hybridized carbons (Fsp3) is 0. The van der Waals surface area contributed by atoms with Crippen molar-refractivity contribution in [3.8, 4) is 33.4 Å². The fourth-order valence-corrected chi connectivity index (χ4v) is 8.52. The van der Waals surface area contributed by atoms with Crippen molar-refractivity contribution in [1.29, 1.82) is 0 Å². The van der Waals surface area contributed by atoms with E-state index >= 15 is 0 Å². The summed E-state index contributed by atoms with van der Waals surface area (Å²) < 4.78 is 6.52. The van der Waals surface area contributed by atoms with E-state index < -0.39 is 0 Å². The second-order valence-corrected chi connectivity index (χ2v) is 14.5. The SMILES string of the molecule is c1ccc(-c2ccccc2N(c2ccc(-c3ccc4c(ccc5ccccc54)c3)cc2)c2ccccc2-c2ccc3oc4c5ccccc5ccc4c3c2)cc1. The van der Waals surface area contributed by atoms with Crippen LogP contribution in [-0.2, 0) is 0 Å². The molecular weight excluding hydrogens is 679 g/mol. The van der Waals surface area contributed by atoms with Gasteiger partial charge in [-0.25, -0.2) is 0 Å². The fourth-order valence-electron chi connectivity index (χ4n) is 8.52. The highest BCUT2D eigenvalue weighted by molar-refractivity contribution is 6.16. The third-order valence-corrected chi connectivity index (χ3v) is 11.3. The summed E-state index contributed by atoms with van der Waals surface area (Å²) in [5, 5.41) is 9.62. The molecule has 1 heterocycles. The van der Waals surface area contributed by atoms with Crippen LogP contribution >= 0.6 is 0 Å². The Kier molecular flexibility index (Phi) is 7.53. The number of para-hydroxylation sites is 2. The predicted molar refractivity (Wildman–Crippen MR) is 237 cm³/mol. The lowest BCUT2D eigenvalue weighted by atomic mass is 9.96. The molecule has 0 aliphatic rings. The van der Waals surface area contributed by atoms with Gasteiger partial charge in [0.05, 0.1) is 11.4 Å². The molecule has 0 saturated heterocycles. The van der Waals surface area contributed by atoms with Gasteiger partial charge in [0.1, 0.15) is 11.2 Å². The second kappa shape index (κ2) is 13.2. The molecule has 11 rings (SSSR count). The largest absolute Gasteiger partial charge is 0.455 e. The third kappa shape index (κ3) is 5.34. The zero-order valence-electron chi connectivity index (χ0n) is 30.6. The van der Waals surface area contributed by atoms with Crippen LogP contribution in [0.2, 0.25) is 0 Å². The predicted octanol–water partition coefficient (Wildman–Crippen LogP) is 15.5. The van der Waals surface area contributed by atoms with Gasteiger partial charge in [0.2, 0.25) is 0 Å². The van der Waals surface area contributed by atoms with Crippen LogP contribution in [0.25, 0.3) is 87.6 Å². The Hall–Kier alpha value is -7.42. The summed E-state index contributed by atoms with van der Waals surface area (Å²) in [6, 6.07) is 76.5. The van der Waals surface area contributed by atoms with E-state index in [1.807, 2.05) is 0 Å². The molecule has 1 aromatic heterocycles. The van der Waals surface area contributed by atoms with Crippen LogP contribution in [0.15, 0.2) is 217 Å². The van der Waals surface area contributed by atoms with Crippen LogP contribution in [0.1, 0.15) is 0 Å². The smallest absolute Gasteiger partial charge is 0.143 e. The van der Waals surface area contributed by atoms with E-state index in [-0.39, 0.29) is 0 Å². The van der Waals surface area contributed by atoms with Crippen molar-refractivity contribution in [1.82, 2.24) is 0 Å². The molecule has 2 nitrogen and oxygen atoms in total. The molecule has 0 aliphatic heterocycles. The minimum Gasteiger partial charge on any atom is -0.455 e. The summed E-state index contributed by atoms with van der Waals surface area (Å²) in [7, 11) is 0.